The molecule has 4 aromatic rings. The Bertz CT molecular complexity index is 1960. The van der Waals surface area contributed by atoms with Crippen molar-refractivity contribution in [2.24, 2.45) is 11.8 Å². The van der Waals surface area contributed by atoms with E-state index in [1.54, 1.807) is 36.7 Å². The minimum atomic E-state index is -0.633. The molecule has 0 spiro atoms. The van der Waals surface area contributed by atoms with Crippen LogP contribution in [0.5, 0.6) is 0 Å². The second-order valence-corrected chi connectivity index (χ2v) is 16.8. The summed E-state index contributed by atoms with van der Waals surface area (Å²) in [5.41, 5.74) is 3.38. The fourth-order valence-electron chi connectivity index (χ4n) is 9.33. The summed E-state index contributed by atoms with van der Waals surface area (Å²) in [6.45, 7) is 1.71. The van der Waals surface area contributed by atoms with Gasteiger partial charge < -0.3 is 9.80 Å². The minimum absolute atomic E-state index is 0.0138. The molecular formula is C48H52F4N4O4. The van der Waals surface area contributed by atoms with Crippen molar-refractivity contribution in [1.82, 2.24) is 19.8 Å². The van der Waals surface area contributed by atoms with Gasteiger partial charge in [-0.15, -0.1) is 0 Å². The van der Waals surface area contributed by atoms with E-state index in [9.17, 15) is 36.7 Å². The molecule has 2 amide bonds. The molecule has 8 nitrogen and oxygen atoms in total. The number of aromatic nitrogens is 2. The van der Waals surface area contributed by atoms with Crippen LogP contribution >= 0.6 is 0 Å². The fourth-order valence-corrected chi connectivity index (χ4v) is 9.33. The van der Waals surface area contributed by atoms with E-state index >= 15 is 0 Å². The normalized spacial score (nSPS) is 22.2. The number of halogens is 4. The summed E-state index contributed by atoms with van der Waals surface area (Å²) in [6.07, 6.45) is 15.9. The highest BCUT2D eigenvalue weighted by Crippen LogP contribution is 2.33. The Morgan fingerprint density at radius 1 is 0.500 bits per heavy atom. The van der Waals surface area contributed by atoms with Crippen molar-refractivity contribution < 1.29 is 36.7 Å². The zero-order valence-corrected chi connectivity index (χ0v) is 33.9. The monoisotopic (exact) mass is 824 g/mol. The van der Waals surface area contributed by atoms with Crippen LogP contribution < -0.4 is 0 Å². The van der Waals surface area contributed by atoms with Gasteiger partial charge in [0.2, 0.25) is 11.8 Å². The summed E-state index contributed by atoms with van der Waals surface area (Å²) in [6, 6.07) is 14.2. The molecule has 60 heavy (non-hydrogen) atoms. The van der Waals surface area contributed by atoms with Gasteiger partial charge in [0.05, 0.1) is 0 Å². The number of nitrogens with zero attached hydrogens (tertiary/aromatic N) is 4. The van der Waals surface area contributed by atoms with E-state index < -0.39 is 23.3 Å². The van der Waals surface area contributed by atoms with E-state index in [0.29, 0.717) is 46.5 Å². The number of pyridine rings is 2. The number of likely N-dealkylation sites (tertiary alicyclic amines) is 2. The molecule has 8 rings (SSSR count). The highest BCUT2D eigenvalue weighted by atomic mass is 19.1. The number of piperidine rings is 2. The molecule has 0 bridgehead atoms. The lowest BCUT2D eigenvalue weighted by Crippen LogP contribution is -2.45. The highest BCUT2D eigenvalue weighted by Gasteiger charge is 2.34. The molecule has 316 valence electrons. The van der Waals surface area contributed by atoms with Gasteiger partial charge in [0.1, 0.15) is 34.8 Å². The van der Waals surface area contributed by atoms with E-state index in [2.05, 4.69) is 9.97 Å². The van der Waals surface area contributed by atoms with Crippen LogP contribution in [0, 0.1) is 35.1 Å². The maximum absolute atomic E-state index is 13.4. The molecule has 12 heteroatoms. The standard InChI is InChI=1S/2C24H26F2N2O2/c2*25-19-11-18(12-20(26)13-19)17-4-7-21(27-15-17)14-23(29)16-5-8-22(9-6-16)28-10-2-1-3-24(28)30/h2*4,7,11-13,15-16,22H,1-3,5-6,8-10,14H2. The molecule has 4 fully saturated rings. The van der Waals surface area contributed by atoms with Crippen LogP contribution in [0.25, 0.3) is 22.3 Å². The molecule has 4 aliphatic rings. The highest BCUT2D eigenvalue weighted by molar-refractivity contribution is 5.84. The number of rotatable bonds is 10. The molecule has 4 heterocycles. The van der Waals surface area contributed by atoms with Crippen molar-refractivity contribution in [3.63, 3.8) is 0 Å². The Hall–Kier alpha value is -5.26. The zero-order chi connectivity index (χ0) is 42.2. The van der Waals surface area contributed by atoms with Crippen LogP contribution in [0.2, 0.25) is 0 Å². The third-order valence-corrected chi connectivity index (χ3v) is 12.7. The second kappa shape index (κ2) is 19.9. The second-order valence-electron chi connectivity index (χ2n) is 16.8. The number of benzene rings is 2. The number of ketones is 2. The van der Waals surface area contributed by atoms with Gasteiger partial charge in [-0.05, 0) is 125 Å². The summed E-state index contributed by atoms with van der Waals surface area (Å²) in [4.78, 5) is 62.4. The number of carbonyl (C=O) groups excluding carboxylic acids is 4. The first kappa shape index (κ1) is 42.8. The van der Waals surface area contributed by atoms with Gasteiger partial charge in [-0.1, -0.05) is 12.1 Å². The summed E-state index contributed by atoms with van der Waals surface area (Å²) in [7, 11) is 0. The Balaban J connectivity index is 0.000000181. The first-order valence-corrected chi connectivity index (χ1v) is 21.5. The average molecular weight is 825 g/mol. The number of amides is 2. The van der Waals surface area contributed by atoms with Crippen LogP contribution in [0.1, 0.15) is 101 Å². The Labute approximate surface area is 348 Å². The van der Waals surface area contributed by atoms with E-state index in [1.165, 1.54) is 24.3 Å². The molecule has 2 aliphatic heterocycles. The number of hydrogen-bond donors (Lipinski definition) is 0. The van der Waals surface area contributed by atoms with Crippen LogP contribution in [0.3, 0.4) is 0 Å². The first-order valence-electron chi connectivity index (χ1n) is 21.5. The Kier molecular flexibility index (Phi) is 14.2. The minimum Gasteiger partial charge on any atom is -0.340 e. The van der Waals surface area contributed by atoms with E-state index in [0.717, 1.165) is 102 Å². The van der Waals surface area contributed by atoms with Gasteiger partial charge in [0.15, 0.2) is 0 Å². The molecule has 2 aromatic heterocycles. The number of Topliss-reactive ketones (excluding diaryl/α,β-unsaturated/α-hetero) is 2. The third-order valence-electron chi connectivity index (χ3n) is 12.7. The predicted molar refractivity (Wildman–Crippen MR) is 219 cm³/mol. The van der Waals surface area contributed by atoms with Crippen molar-refractivity contribution in [3.8, 4) is 22.3 Å². The van der Waals surface area contributed by atoms with Gasteiger partial charge in [-0.3, -0.25) is 29.1 Å². The summed E-state index contributed by atoms with van der Waals surface area (Å²) >= 11 is 0. The number of hydrogen-bond acceptors (Lipinski definition) is 6. The summed E-state index contributed by atoms with van der Waals surface area (Å²) in [5, 5.41) is 0. The molecule has 0 N–H and O–H groups in total. The van der Waals surface area contributed by atoms with E-state index in [1.807, 2.05) is 9.80 Å². The maximum Gasteiger partial charge on any atom is 0.222 e. The Morgan fingerprint density at radius 2 is 0.867 bits per heavy atom. The van der Waals surface area contributed by atoms with E-state index in [-0.39, 0.29) is 60.1 Å². The topological polar surface area (TPSA) is 101 Å². The lowest BCUT2D eigenvalue weighted by molar-refractivity contribution is -0.138. The zero-order valence-electron chi connectivity index (χ0n) is 33.9. The van der Waals surface area contributed by atoms with E-state index in [4.69, 9.17) is 0 Å². The maximum atomic E-state index is 13.4. The quantitative estimate of drug-likeness (QED) is 0.148. The summed E-state index contributed by atoms with van der Waals surface area (Å²) < 4.78 is 53.6. The molecule has 2 aliphatic carbocycles. The SMILES string of the molecule is O=C(Cc1ccc(-c2cc(F)cc(F)c2)cn1)C1CCC(N2CCCCC2=O)CC1.O=C(Cc1ccc(-c2cc(F)cc(F)c2)cn1)C1CCC(N2CCCCC2=O)CC1. The van der Waals surface area contributed by atoms with Crippen molar-refractivity contribution in [2.45, 2.75) is 115 Å². The molecule has 2 saturated heterocycles. The van der Waals surface area contributed by atoms with Crippen molar-refractivity contribution in [2.75, 3.05) is 13.1 Å². The Morgan fingerprint density at radius 3 is 1.18 bits per heavy atom. The van der Waals surface area contributed by atoms with Gasteiger partial charge in [0, 0.05) is 110 Å². The smallest absolute Gasteiger partial charge is 0.222 e. The lowest BCUT2D eigenvalue weighted by atomic mass is 9.81. The largest absolute Gasteiger partial charge is 0.340 e. The van der Waals surface area contributed by atoms with Gasteiger partial charge in [0.25, 0.3) is 0 Å². The lowest BCUT2D eigenvalue weighted by Gasteiger charge is -2.38. The molecule has 0 unspecified atom stereocenters. The van der Waals surface area contributed by atoms with Crippen LogP contribution in [0.15, 0.2) is 73.1 Å². The molecule has 2 saturated carbocycles. The predicted octanol–water partition coefficient (Wildman–Crippen LogP) is 9.42. The molecule has 0 atom stereocenters. The van der Waals surface area contributed by atoms with Crippen molar-refractivity contribution >= 4 is 23.4 Å². The van der Waals surface area contributed by atoms with Crippen LogP contribution in [0.4, 0.5) is 17.6 Å². The third kappa shape index (κ3) is 11.1. The molecular weight excluding hydrogens is 773 g/mol. The van der Waals surface area contributed by atoms with Crippen molar-refractivity contribution in [1.29, 1.82) is 0 Å². The van der Waals surface area contributed by atoms with Crippen LogP contribution in [-0.2, 0) is 32.0 Å². The number of carbonyl (C=O) groups is 4. The average Bonchev–Trinajstić information content (AvgIpc) is 3.24. The molecule has 0 radical (unpaired) electrons. The summed E-state index contributed by atoms with van der Waals surface area (Å²) in [5.74, 6) is -1.63. The first-order chi connectivity index (χ1) is 29.0. The van der Waals surface area contributed by atoms with Crippen molar-refractivity contribution in [3.05, 3.63) is 108 Å². The van der Waals surface area contributed by atoms with Gasteiger partial charge >= 0.3 is 0 Å². The van der Waals surface area contributed by atoms with Gasteiger partial charge in [-0.25, -0.2) is 17.6 Å². The molecule has 2 aromatic carbocycles. The van der Waals surface area contributed by atoms with Gasteiger partial charge in [-0.2, -0.15) is 0 Å². The van der Waals surface area contributed by atoms with Crippen LogP contribution in [-0.4, -0.2) is 68.3 Å². The fraction of sp³-hybridized carbons (Fsp3) is 0.458.